The maximum atomic E-state index is 11.0. The van der Waals surface area contributed by atoms with Gasteiger partial charge in [0, 0.05) is 0 Å². The Morgan fingerprint density at radius 1 is 0.550 bits per heavy atom. The smallest absolute Gasteiger partial charge is 0.224 e. The molecule has 0 aromatic heterocycles. The summed E-state index contributed by atoms with van der Waals surface area (Å²) in [7, 11) is -6.57. The molecule has 0 aliphatic heterocycles. The SMILES string of the molecule is NNS(=O)(=O)CCCCCCCCCCS(=O)(=O)NN. The number of rotatable bonds is 13. The minimum atomic E-state index is -3.29. The molecule has 0 aromatic rings. The molecule has 0 saturated carbocycles. The monoisotopic (exact) mass is 330 g/mol. The molecule has 0 aliphatic rings. The van der Waals surface area contributed by atoms with Crippen LogP contribution in [0.3, 0.4) is 0 Å². The highest BCUT2D eigenvalue weighted by Crippen LogP contribution is 2.09. The van der Waals surface area contributed by atoms with Gasteiger partial charge in [0.1, 0.15) is 0 Å². The molecule has 0 heterocycles. The van der Waals surface area contributed by atoms with Gasteiger partial charge in [0.15, 0.2) is 0 Å². The normalized spacial score (nSPS) is 12.7. The fourth-order valence-electron chi connectivity index (χ4n) is 1.76. The van der Waals surface area contributed by atoms with Gasteiger partial charge in [-0.1, -0.05) is 38.5 Å². The second-order valence-corrected chi connectivity index (χ2v) is 8.45. The zero-order valence-corrected chi connectivity index (χ0v) is 13.3. The molecule has 8 nitrogen and oxygen atoms in total. The van der Waals surface area contributed by atoms with E-state index < -0.39 is 20.0 Å². The van der Waals surface area contributed by atoms with Crippen LogP contribution < -0.4 is 21.3 Å². The molecule has 6 N–H and O–H groups in total. The Morgan fingerprint density at radius 3 is 1.05 bits per heavy atom. The summed E-state index contributed by atoms with van der Waals surface area (Å²) in [4.78, 5) is 3.59. The maximum Gasteiger partial charge on any atom is 0.224 e. The van der Waals surface area contributed by atoms with Gasteiger partial charge in [-0.15, -0.1) is 0 Å². The Morgan fingerprint density at radius 2 is 0.800 bits per heavy atom. The first-order chi connectivity index (χ1) is 9.33. The Hall–Kier alpha value is -0.260. The van der Waals surface area contributed by atoms with E-state index in [9.17, 15) is 16.8 Å². The van der Waals surface area contributed by atoms with Crippen molar-refractivity contribution in [2.45, 2.75) is 51.4 Å². The van der Waals surface area contributed by atoms with Crippen molar-refractivity contribution >= 4 is 20.0 Å². The van der Waals surface area contributed by atoms with Crippen LogP contribution in [-0.4, -0.2) is 28.3 Å². The number of unbranched alkanes of at least 4 members (excludes halogenated alkanes) is 7. The average molecular weight is 330 g/mol. The number of hydrazine groups is 2. The quantitative estimate of drug-likeness (QED) is 0.207. The first kappa shape index (κ1) is 19.7. The van der Waals surface area contributed by atoms with E-state index >= 15 is 0 Å². The molecule has 0 aliphatic carbocycles. The van der Waals surface area contributed by atoms with E-state index in [0.29, 0.717) is 12.8 Å². The molecule has 122 valence electrons. The predicted octanol–water partition coefficient (Wildman–Crippen LogP) is -0.307. The van der Waals surface area contributed by atoms with E-state index in [1.54, 1.807) is 9.66 Å². The van der Waals surface area contributed by atoms with Gasteiger partial charge in [-0.3, -0.25) is 11.7 Å². The molecule has 0 rings (SSSR count). The standard InChI is InChI=1S/C10H26N4O4S2/c11-13-19(15,16)9-7-5-3-1-2-4-6-8-10-20(17,18)14-12/h13-14H,1-12H2. The van der Waals surface area contributed by atoms with Crippen molar-refractivity contribution in [2.24, 2.45) is 11.7 Å². The van der Waals surface area contributed by atoms with Gasteiger partial charge < -0.3 is 0 Å². The third-order valence-electron chi connectivity index (χ3n) is 2.94. The molecular formula is C10H26N4O4S2. The fraction of sp³-hybridized carbons (Fsp3) is 1.00. The molecule has 0 atom stereocenters. The van der Waals surface area contributed by atoms with Crippen molar-refractivity contribution in [1.82, 2.24) is 9.66 Å². The summed E-state index contributed by atoms with van der Waals surface area (Å²) in [6, 6.07) is 0. The van der Waals surface area contributed by atoms with E-state index in [4.69, 9.17) is 11.7 Å². The molecule has 0 amide bonds. The van der Waals surface area contributed by atoms with Crippen molar-refractivity contribution in [2.75, 3.05) is 11.5 Å². The summed E-state index contributed by atoms with van der Waals surface area (Å²) < 4.78 is 44.1. The van der Waals surface area contributed by atoms with Crippen LogP contribution in [0.25, 0.3) is 0 Å². The maximum absolute atomic E-state index is 11.0. The van der Waals surface area contributed by atoms with Crippen LogP contribution in [0, 0.1) is 0 Å². The lowest BCUT2D eigenvalue weighted by Crippen LogP contribution is -2.32. The minimum absolute atomic E-state index is 0.0629. The highest BCUT2D eigenvalue weighted by atomic mass is 32.2. The highest BCUT2D eigenvalue weighted by molar-refractivity contribution is 7.89. The molecule has 0 bridgehead atoms. The predicted molar refractivity (Wildman–Crippen MR) is 79.2 cm³/mol. The van der Waals surface area contributed by atoms with Crippen molar-refractivity contribution in [3.63, 3.8) is 0 Å². The molecule has 0 unspecified atom stereocenters. The Bertz CT molecular complexity index is 394. The van der Waals surface area contributed by atoms with Crippen molar-refractivity contribution < 1.29 is 16.8 Å². The molecule has 0 saturated heterocycles. The first-order valence-corrected chi connectivity index (χ1v) is 10.0. The summed E-state index contributed by atoms with van der Waals surface area (Å²) in [6.07, 6.45) is 6.92. The molecule has 0 fully saturated rings. The van der Waals surface area contributed by atoms with Crippen LogP contribution >= 0.6 is 0 Å². The molecule has 0 radical (unpaired) electrons. The Labute approximate surface area is 121 Å². The van der Waals surface area contributed by atoms with Crippen LogP contribution in [0.2, 0.25) is 0 Å². The number of nitrogens with one attached hydrogen (secondary N) is 2. The van der Waals surface area contributed by atoms with E-state index in [1.165, 1.54) is 0 Å². The van der Waals surface area contributed by atoms with Gasteiger partial charge in [0.2, 0.25) is 20.0 Å². The summed E-state index contributed by atoms with van der Waals surface area (Å²) in [5.74, 6) is 9.85. The van der Waals surface area contributed by atoms with Gasteiger partial charge in [-0.2, -0.15) is 9.66 Å². The summed E-state index contributed by atoms with van der Waals surface area (Å²) >= 11 is 0. The van der Waals surface area contributed by atoms with Gasteiger partial charge >= 0.3 is 0 Å². The summed E-state index contributed by atoms with van der Waals surface area (Å²) in [6.45, 7) is 0. The molecule has 0 spiro atoms. The molecular weight excluding hydrogens is 304 g/mol. The Kier molecular flexibility index (Phi) is 10.3. The van der Waals surface area contributed by atoms with Gasteiger partial charge in [-0.25, -0.2) is 16.8 Å². The second-order valence-electron chi connectivity index (χ2n) is 4.70. The van der Waals surface area contributed by atoms with Gasteiger partial charge in [-0.05, 0) is 12.8 Å². The number of nitrogens with two attached hydrogens (primary N) is 2. The van der Waals surface area contributed by atoms with Gasteiger partial charge in [0.05, 0.1) is 11.5 Å². The van der Waals surface area contributed by atoms with Crippen LogP contribution in [-0.2, 0) is 20.0 Å². The van der Waals surface area contributed by atoms with E-state index in [2.05, 4.69) is 0 Å². The number of sulfonamides is 2. The van der Waals surface area contributed by atoms with Crippen LogP contribution in [0.5, 0.6) is 0 Å². The third-order valence-corrected chi connectivity index (χ3v) is 5.31. The van der Waals surface area contributed by atoms with Gasteiger partial charge in [0.25, 0.3) is 0 Å². The van der Waals surface area contributed by atoms with Crippen molar-refractivity contribution in [3.8, 4) is 0 Å². The first-order valence-electron chi connectivity index (χ1n) is 6.73. The van der Waals surface area contributed by atoms with E-state index in [0.717, 1.165) is 38.5 Å². The van der Waals surface area contributed by atoms with Crippen molar-refractivity contribution in [3.05, 3.63) is 0 Å². The zero-order valence-electron chi connectivity index (χ0n) is 11.7. The molecule has 10 heteroatoms. The molecule has 0 aromatic carbocycles. The van der Waals surface area contributed by atoms with E-state index in [-0.39, 0.29) is 11.5 Å². The second kappa shape index (κ2) is 10.5. The van der Waals surface area contributed by atoms with Crippen LogP contribution in [0.1, 0.15) is 51.4 Å². The lowest BCUT2D eigenvalue weighted by Gasteiger charge is -2.04. The summed E-state index contributed by atoms with van der Waals surface area (Å²) in [5, 5.41) is 0. The third kappa shape index (κ3) is 11.6. The van der Waals surface area contributed by atoms with E-state index in [1.807, 2.05) is 0 Å². The minimum Gasteiger partial charge on any atom is -0.258 e. The summed E-state index contributed by atoms with van der Waals surface area (Å²) in [5.41, 5.74) is 0. The van der Waals surface area contributed by atoms with Crippen LogP contribution in [0.15, 0.2) is 0 Å². The Balaban J connectivity index is 3.34. The fourth-order valence-corrected chi connectivity index (χ4v) is 3.17. The largest absolute Gasteiger partial charge is 0.258 e. The zero-order chi connectivity index (χ0) is 15.5. The lowest BCUT2D eigenvalue weighted by molar-refractivity contribution is 0.559. The lowest BCUT2D eigenvalue weighted by atomic mass is 10.1. The van der Waals surface area contributed by atoms with Crippen molar-refractivity contribution in [1.29, 1.82) is 0 Å². The molecule has 20 heavy (non-hydrogen) atoms. The topological polar surface area (TPSA) is 144 Å². The average Bonchev–Trinajstić information content (AvgIpc) is 2.41. The number of hydrogen-bond acceptors (Lipinski definition) is 6. The number of hydrogen-bond donors (Lipinski definition) is 4. The van der Waals surface area contributed by atoms with Crippen LogP contribution in [0.4, 0.5) is 0 Å². The highest BCUT2D eigenvalue weighted by Gasteiger charge is 2.06.